The molecule has 2 atom stereocenters. The maximum Gasteiger partial charge on any atom is 0.321 e. The molecular formula is C25H33N3O2. The highest BCUT2D eigenvalue weighted by molar-refractivity contribution is 5.89. The van der Waals surface area contributed by atoms with Crippen molar-refractivity contribution in [2.75, 3.05) is 18.4 Å². The van der Waals surface area contributed by atoms with Crippen LogP contribution in [0.4, 0.5) is 10.5 Å². The zero-order valence-corrected chi connectivity index (χ0v) is 18.5. The molecule has 2 amide bonds. The number of pyridine rings is 1. The maximum absolute atomic E-state index is 12.6. The van der Waals surface area contributed by atoms with Crippen molar-refractivity contribution in [1.29, 1.82) is 0 Å². The Morgan fingerprint density at radius 2 is 2.20 bits per heavy atom. The fourth-order valence-electron chi connectivity index (χ4n) is 3.78. The van der Waals surface area contributed by atoms with Crippen molar-refractivity contribution in [3.63, 3.8) is 0 Å². The van der Waals surface area contributed by atoms with E-state index in [2.05, 4.69) is 49.3 Å². The van der Waals surface area contributed by atoms with Crippen molar-refractivity contribution in [1.82, 2.24) is 9.88 Å². The number of piperidine rings is 1. The van der Waals surface area contributed by atoms with Crippen LogP contribution in [0.2, 0.25) is 0 Å². The number of urea groups is 1. The number of carbonyl (C=O) groups is 1. The second kappa shape index (κ2) is 10.3. The number of benzene rings is 1. The summed E-state index contributed by atoms with van der Waals surface area (Å²) in [5, 5.41) is 2.95. The Hall–Kier alpha value is -2.82. The lowest BCUT2D eigenvalue weighted by Crippen LogP contribution is -2.42. The molecule has 3 rings (SSSR count). The number of carbonyl (C=O) groups excluding carboxylic acids is 1. The van der Waals surface area contributed by atoms with Crippen molar-refractivity contribution in [3.05, 3.63) is 59.4 Å². The van der Waals surface area contributed by atoms with E-state index in [0.717, 1.165) is 42.0 Å². The molecule has 1 aliphatic heterocycles. The minimum atomic E-state index is -0.0631. The van der Waals surface area contributed by atoms with Crippen LogP contribution in [0.5, 0.6) is 5.75 Å². The van der Waals surface area contributed by atoms with Crippen LogP contribution in [-0.2, 0) is 0 Å². The van der Waals surface area contributed by atoms with Gasteiger partial charge < -0.3 is 15.0 Å². The first kappa shape index (κ1) is 21.9. The topological polar surface area (TPSA) is 54.5 Å². The number of likely N-dealkylation sites (tertiary alicyclic amines) is 1. The molecule has 0 saturated carbocycles. The lowest BCUT2D eigenvalue weighted by atomic mass is 9.91. The first-order valence-corrected chi connectivity index (χ1v) is 10.9. The number of amides is 2. The molecule has 160 valence electrons. The molecule has 0 aliphatic carbocycles. The Balaban J connectivity index is 1.60. The Kier molecular flexibility index (Phi) is 7.50. The molecular weight excluding hydrogens is 374 g/mol. The van der Waals surface area contributed by atoms with E-state index in [4.69, 9.17) is 4.74 Å². The molecule has 2 heterocycles. The number of nitrogens with one attached hydrogen (secondary N) is 1. The van der Waals surface area contributed by atoms with Crippen LogP contribution in [-0.4, -0.2) is 35.1 Å². The highest BCUT2D eigenvalue weighted by Crippen LogP contribution is 2.27. The highest BCUT2D eigenvalue weighted by atomic mass is 16.5. The summed E-state index contributed by atoms with van der Waals surface area (Å²) in [5.74, 6) is 1.23. The zero-order chi connectivity index (χ0) is 21.5. The molecule has 0 radical (unpaired) electrons. The summed E-state index contributed by atoms with van der Waals surface area (Å²) in [4.78, 5) is 18.7. The van der Waals surface area contributed by atoms with E-state index in [-0.39, 0.29) is 12.1 Å². The molecule has 0 spiro atoms. The van der Waals surface area contributed by atoms with Crippen molar-refractivity contribution >= 4 is 17.8 Å². The van der Waals surface area contributed by atoms with Gasteiger partial charge in [-0.3, -0.25) is 4.98 Å². The molecule has 1 aromatic carbocycles. The van der Waals surface area contributed by atoms with Gasteiger partial charge in [0.05, 0.1) is 18.0 Å². The van der Waals surface area contributed by atoms with Gasteiger partial charge in [-0.2, -0.15) is 0 Å². The number of nitrogens with zero attached hydrogens (tertiary/aromatic N) is 2. The number of rotatable bonds is 6. The first-order chi connectivity index (χ1) is 14.4. The van der Waals surface area contributed by atoms with Crippen LogP contribution < -0.4 is 10.1 Å². The zero-order valence-electron chi connectivity index (χ0n) is 18.5. The molecule has 30 heavy (non-hydrogen) atoms. The van der Waals surface area contributed by atoms with Gasteiger partial charge in [0.2, 0.25) is 0 Å². The predicted octanol–water partition coefficient (Wildman–Crippen LogP) is 5.91. The van der Waals surface area contributed by atoms with Gasteiger partial charge >= 0.3 is 6.03 Å². The molecule has 5 nitrogen and oxygen atoms in total. The smallest absolute Gasteiger partial charge is 0.321 e. The quantitative estimate of drug-likeness (QED) is 0.647. The van der Waals surface area contributed by atoms with E-state index >= 15 is 0 Å². The Labute approximate surface area is 180 Å². The Morgan fingerprint density at radius 1 is 1.37 bits per heavy atom. The molecule has 1 saturated heterocycles. The van der Waals surface area contributed by atoms with Gasteiger partial charge in [-0.25, -0.2) is 4.79 Å². The van der Waals surface area contributed by atoms with Crippen molar-refractivity contribution < 1.29 is 9.53 Å². The van der Waals surface area contributed by atoms with E-state index in [1.165, 1.54) is 5.57 Å². The summed E-state index contributed by atoms with van der Waals surface area (Å²) >= 11 is 0. The van der Waals surface area contributed by atoms with E-state index in [1.54, 1.807) is 6.20 Å². The molecule has 0 bridgehead atoms. The summed E-state index contributed by atoms with van der Waals surface area (Å²) in [7, 11) is 0. The number of hydrogen-bond donors (Lipinski definition) is 1. The highest BCUT2D eigenvalue weighted by Gasteiger charge is 2.24. The molecule has 5 heteroatoms. The van der Waals surface area contributed by atoms with Crippen molar-refractivity contribution in [2.45, 2.75) is 53.1 Å². The van der Waals surface area contributed by atoms with Gasteiger partial charge in [0.1, 0.15) is 5.75 Å². The largest absolute Gasteiger partial charge is 0.491 e. The van der Waals surface area contributed by atoms with E-state index < -0.39 is 0 Å². The average Bonchev–Trinajstić information content (AvgIpc) is 2.71. The second-order valence-electron chi connectivity index (χ2n) is 8.22. The van der Waals surface area contributed by atoms with E-state index in [0.29, 0.717) is 19.0 Å². The third kappa shape index (κ3) is 6.09. The minimum Gasteiger partial charge on any atom is -0.491 e. The Bertz CT molecular complexity index is 876. The summed E-state index contributed by atoms with van der Waals surface area (Å²) in [6.45, 7) is 9.82. The SMILES string of the molecule is CCCC(C)Oc1cccc(/C=C2\CCN(C(=O)Nc3ccc(C)nc3)CC2C)c1. The third-order valence-electron chi connectivity index (χ3n) is 5.49. The lowest BCUT2D eigenvalue weighted by Gasteiger charge is -2.33. The molecule has 2 aromatic rings. The summed E-state index contributed by atoms with van der Waals surface area (Å²) in [6.07, 6.45) is 7.22. The molecule has 1 aliphatic rings. The fraction of sp³-hybridized carbons (Fsp3) is 0.440. The van der Waals surface area contributed by atoms with Gasteiger partial charge in [0.15, 0.2) is 0 Å². The summed E-state index contributed by atoms with van der Waals surface area (Å²) in [6, 6.07) is 12.0. The van der Waals surface area contributed by atoms with Crippen LogP contribution in [0.3, 0.4) is 0 Å². The van der Waals surface area contributed by atoms with E-state index in [9.17, 15) is 4.79 Å². The standard InChI is InChI=1S/C25H33N3O2/c1-5-7-20(4)30-24-9-6-8-21(15-24)14-22-12-13-28(17-18(22)2)25(29)27-23-11-10-19(3)26-16-23/h6,8-11,14-16,18,20H,5,7,12-13,17H2,1-4H3,(H,27,29)/b22-14+. The van der Waals surface area contributed by atoms with Crippen LogP contribution in [0, 0.1) is 12.8 Å². The third-order valence-corrected chi connectivity index (χ3v) is 5.49. The van der Waals surface area contributed by atoms with Gasteiger partial charge in [0.25, 0.3) is 0 Å². The number of aromatic nitrogens is 1. The first-order valence-electron chi connectivity index (χ1n) is 10.9. The molecule has 1 aromatic heterocycles. The summed E-state index contributed by atoms with van der Waals surface area (Å²) in [5.41, 5.74) is 4.19. The van der Waals surface area contributed by atoms with Crippen LogP contribution in [0.25, 0.3) is 6.08 Å². The number of anilines is 1. The number of hydrogen-bond acceptors (Lipinski definition) is 3. The predicted molar refractivity (Wildman–Crippen MR) is 123 cm³/mol. The van der Waals surface area contributed by atoms with Crippen LogP contribution >= 0.6 is 0 Å². The van der Waals surface area contributed by atoms with Crippen molar-refractivity contribution in [3.8, 4) is 5.75 Å². The number of ether oxygens (including phenoxy) is 1. The van der Waals surface area contributed by atoms with Crippen LogP contribution in [0.15, 0.2) is 48.2 Å². The Morgan fingerprint density at radius 3 is 2.90 bits per heavy atom. The molecule has 2 unspecified atom stereocenters. The van der Waals surface area contributed by atoms with Crippen molar-refractivity contribution in [2.24, 2.45) is 5.92 Å². The molecule has 1 fully saturated rings. The normalized spacial score (nSPS) is 18.9. The van der Waals surface area contributed by atoms with Gasteiger partial charge in [-0.05, 0) is 62.4 Å². The van der Waals surface area contributed by atoms with Gasteiger partial charge in [0, 0.05) is 18.8 Å². The minimum absolute atomic E-state index is 0.0631. The van der Waals surface area contributed by atoms with Gasteiger partial charge in [-0.15, -0.1) is 0 Å². The monoisotopic (exact) mass is 407 g/mol. The maximum atomic E-state index is 12.6. The van der Waals surface area contributed by atoms with Crippen LogP contribution in [0.1, 0.15) is 51.3 Å². The average molecular weight is 408 g/mol. The lowest BCUT2D eigenvalue weighted by molar-refractivity contribution is 0.198. The summed E-state index contributed by atoms with van der Waals surface area (Å²) < 4.78 is 6.03. The second-order valence-corrected chi connectivity index (χ2v) is 8.22. The molecule has 1 N–H and O–H groups in total. The van der Waals surface area contributed by atoms with Gasteiger partial charge in [-0.1, -0.05) is 44.1 Å². The fourth-order valence-corrected chi connectivity index (χ4v) is 3.78. The van der Waals surface area contributed by atoms with E-state index in [1.807, 2.05) is 36.1 Å². The number of aryl methyl sites for hydroxylation is 1.